The number of hydrogen-bond acceptors (Lipinski definition) is 4. The zero-order valence-corrected chi connectivity index (χ0v) is 15.2. The van der Waals surface area contributed by atoms with Crippen molar-refractivity contribution in [2.75, 3.05) is 18.5 Å². The number of para-hydroxylation sites is 2. The number of thiocarbonyl (C=S) groups is 1. The Balaban J connectivity index is 1.78. The van der Waals surface area contributed by atoms with Gasteiger partial charge in [0.1, 0.15) is 11.8 Å². The normalized spacial score (nSPS) is 16.0. The monoisotopic (exact) mass is 367 g/mol. The first-order chi connectivity index (χ1) is 12.7. The summed E-state index contributed by atoms with van der Waals surface area (Å²) < 4.78 is 5.75. The summed E-state index contributed by atoms with van der Waals surface area (Å²) in [5, 5.41) is 23.1. The first-order valence-electron chi connectivity index (χ1n) is 8.61. The van der Waals surface area contributed by atoms with Crippen LogP contribution in [0, 0.1) is 11.3 Å². The van der Waals surface area contributed by atoms with Crippen LogP contribution in [0.1, 0.15) is 24.0 Å². The first-order valence-corrected chi connectivity index (χ1v) is 9.01. The summed E-state index contributed by atoms with van der Waals surface area (Å²) in [6, 6.07) is 16.7. The number of nitriles is 1. The molecule has 5 nitrogen and oxygen atoms in total. The molecule has 0 aliphatic carbocycles. The second-order valence-electron chi connectivity index (χ2n) is 6.23. The summed E-state index contributed by atoms with van der Waals surface area (Å²) in [5.41, 5.74) is 2.01. The van der Waals surface area contributed by atoms with Gasteiger partial charge in [-0.2, -0.15) is 5.26 Å². The Morgan fingerprint density at radius 1 is 1.27 bits per heavy atom. The molecule has 1 heterocycles. The van der Waals surface area contributed by atoms with Crippen molar-refractivity contribution in [1.82, 2.24) is 4.90 Å². The van der Waals surface area contributed by atoms with E-state index in [4.69, 9.17) is 17.0 Å². The number of rotatable bonds is 5. The number of hydrogen-bond donors (Lipinski definition) is 2. The number of phenols is 1. The van der Waals surface area contributed by atoms with Crippen molar-refractivity contribution in [3.8, 4) is 11.8 Å². The summed E-state index contributed by atoms with van der Waals surface area (Å²) in [6.07, 6.45) is 2.16. The summed E-state index contributed by atoms with van der Waals surface area (Å²) in [5.74, 6) is 0.241. The molecule has 0 saturated carbocycles. The molecule has 1 aliphatic heterocycles. The minimum Gasteiger partial charge on any atom is -0.508 e. The number of anilines is 1. The van der Waals surface area contributed by atoms with E-state index in [1.54, 1.807) is 18.2 Å². The van der Waals surface area contributed by atoms with Gasteiger partial charge in [-0.1, -0.05) is 30.3 Å². The van der Waals surface area contributed by atoms with Crippen LogP contribution in [0.4, 0.5) is 5.69 Å². The molecule has 2 aromatic rings. The topological polar surface area (TPSA) is 68.5 Å². The van der Waals surface area contributed by atoms with Gasteiger partial charge in [-0.25, -0.2) is 0 Å². The van der Waals surface area contributed by atoms with Crippen molar-refractivity contribution in [3.63, 3.8) is 0 Å². The maximum Gasteiger partial charge on any atom is 0.173 e. The third-order valence-corrected chi connectivity index (χ3v) is 4.74. The zero-order valence-electron chi connectivity index (χ0n) is 14.4. The highest BCUT2D eigenvalue weighted by Crippen LogP contribution is 2.22. The number of ether oxygens (including phenoxy) is 1. The fourth-order valence-electron chi connectivity index (χ4n) is 2.99. The SMILES string of the molecule is N#Cc1ccccc1NC(=S)N(Cc1ccccc1O)C[C@@H]1CCCO1. The van der Waals surface area contributed by atoms with Gasteiger partial charge in [0.25, 0.3) is 0 Å². The van der Waals surface area contributed by atoms with Gasteiger partial charge in [0.15, 0.2) is 5.11 Å². The molecule has 3 rings (SSSR count). The van der Waals surface area contributed by atoms with Crippen LogP contribution in [0.5, 0.6) is 5.75 Å². The van der Waals surface area contributed by atoms with E-state index in [2.05, 4.69) is 11.4 Å². The van der Waals surface area contributed by atoms with Crippen molar-refractivity contribution in [3.05, 3.63) is 59.7 Å². The molecule has 1 fully saturated rings. The average molecular weight is 367 g/mol. The van der Waals surface area contributed by atoms with Crippen LogP contribution in [0.25, 0.3) is 0 Å². The molecule has 0 radical (unpaired) electrons. The highest BCUT2D eigenvalue weighted by atomic mass is 32.1. The highest BCUT2D eigenvalue weighted by molar-refractivity contribution is 7.80. The van der Waals surface area contributed by atoms with E-state index < -0.39 is 0 Å². The Bertz CT molecular complexity index is 813. The number of benzene rings is 2. The first kappa shape index (κ1) is 18.2. The minimum atomic E-state index is 0.117. The number of nitrogens with one attached hydrogen (secondary N) is 1. The molecule has 0 bridgehead atoms. The molecule has 0 amide bonds. The summed E-state index contributed by atoms with van der Waals surface area (Å²) in [4.78, 5) is 1.98. The lowest BCUT2D eigenvalue weighted by atomic mass is 10.1. The fourth-order valence-corrected chi connectivity index (χ4v) is 3.24. The lowest BCUT2D eigenvalue weighted by molar-refractivity contribution is 0.0904. The number of phenolic OH excluding ortho intramolecular Hbond substituents is 1. The average Bonchev–Trinajstić information content (AvgIpc) is 3.16. The Hall–Kier alpha value is -2.62. The number of nitrogens with zero attached hydrogens (tertiary/aromatic N) is 2. The third-order valence-electron chi connectivity index (χ3n) is 4.38. The van der Waals surface area contributed by atoms with Crippen LogP contribution < -0.4 is 5.32 Å². The lowest BCUT2D eigenvalue weighted by Crippen LogP contribution is -2.39. The van der Waals surface area contributed by atoms with Crippen molar-refractivity contribution >= 4 is 23.0 Å². The summed E-state index contributed by atoms with van der Waals surface area (Å²) in [6.45, 7) is 1.87. The molecule has 2 aromatic carbocycles. The van der Waals surface area contributed by atoms with Crippen LogP contribution in [0.15, 0.2) is 48.5 Å². The molecule has 0 spiro atoms. The molecular formula is C20H21N3O2S. The highest BCUT2D eigenvalue weighted by Gasteiger charge is 2.22. The van der Waals surface area contributed by atoms with Gasteiger partial charge in [-0.15, -0.1) is 0 Å². The Morgan fingerprint density at radius 2 is 2.04 bits per heavy atom. The quantitative estimate of drug-likeness (QED) is 0.787. The maximum atomic E-state index is 10.1. The van der Waals surface area contributed by atoms with Crippen LogP contribution in [-0.2, 0) is 11.3 Å². The van der Waals surface area contributed by atoms with Gasteiger partial charge < -0.3 is 20.1 Å². The van der Waals surface area contributed by atoms with Crippen LogP contribution in [0.3, 0.4) is 0 Å². The van der Waals surface area contributed by atoms with Crippen molar-refractivity contribution < 1.29 is 9.84 Å². The summed E-state index contributed by atoms with van der Waals surface area (Å²) >= 11 is 5.61. The smallest absolute Gasteiger partial charge is 0.173 e. The molecule has 0 unspecified atom stereocenters. The Labute approximate surface area is 158 Å². The van der Waals surface area contributed by atoms with Crippen molar-refractivity contribution in [1.29, 1.82) is 5.26 Å². The van der Waals surface area contributed by atoms with Crippen molar-refractivity contribution in [2.45, 2.75) is 25.5 Å². The molecule has 6 heteroatoms. The molecule has 1 saturated heterocycles. The zero-order chi connectivity index (χ0) is 18.4. The Morgan fingerprint density at radius 3 is 2.77 bits per heavy atom. The van der Waals surface area contributed by atoms with E-state index in [9.17, 15) is 10.4 Å². The van der Waals surface area contributed by atoms with Gasteiger partial charge in [0.05, 0.1) is 17.4 Å². The molecular weight excluding hydrogens is 346 g/mol. The Kier molecular flexibility index (Phi) is 6.05. The molecule has 2 N–H and O–H groups in total. The van der Waals surface area contributed by atoms with E-state index in [-0.39, 0.29) is 11.9 Å². The van der Waals surface area contributed by atoms with Gasteiger partial charge in [0.2, 0.25) is 0 Å². The lowest BCUT2D eigenvalue weighted by Gasteiger charge is -2.28. The second kappa shape index (κ2) is 8.65. The van der Waals surface area contributed by atoms with Crippen LogP contribution in [0.2, 0.25) is 0 Å². The van der Waals surface area contributed by atoms with E-state index in [1.165, 1.54) is 0 Å². The van der Waals surface area contributed by atoms with E-state index >= 15 is 0 Å². The van der Waals surface area contributed by atoms with Crippen LogP contribution >= 0.6 is 12.2 Å². The molecule has 1 atom stereocenters. The number of aromatic hydroxyl groups is 1. The van der Waals surface area contributed by atoms with Gasteiger partial charge in [-0.05, 0) is 43.3 Å². The predicted octanol–water partition coefficient (Wildman–Crippen LogP) is 3.64. The summed E-state index contributed by atoms with van der Waals surface area (Å²) in [7, 11) is 0. The van der Waals surface area contributed by atoms with Gasteiger partial charge in [0, 0.05) is 25.3 Å². The molecule has 26 heavy (non-hydrogen) atoms. The predicted molar refractivity (Wildman–Crippen MR) is 105 cm³/mol. The van der Waals surface area contributed by atoms with Gasteiger partial charge in [-0.3, -0.25) is 0 Å². The minimum absolute atomic E-state index is 0.117. The fraction of sp³-hybridized carbons (Fsp3) is 0.300. The van der Waals surface area contributed by atoms with Gasteiger partial charge >= 0.3 is 0 Å². The van der Waals surface area contributed by atoms with E-state index in [0.717, 1.165) is 25.0 Å². The molecule has 1 aliphatic rings. The van der Waals surface area contributed by atoms with E-state index in [0.29, 0.717) is 29.5 Å². The molecule has 134 valence electrons. The standard InChI is InChI=1S/C20H21N3O2S/c21-12-15-6-1-3-9-18(15)22-20(26)23(14-17-8-5-11-25-17)13-16-7-2-4-10-19(16)24/h1-4,6-7,9-10,17,24H,5,8,11,13-14H2,(H,22,26)/t17-/m0/s1. The largest absolute Gasteiger partial charge is 0.508 e. The van der Waals surface area contributed by atoms with E-state index in [1.807, 2.05) is 35.2 Å². The second-order valence-corrected chi connectivity index (χ2v) is 6.62. The third kappa shape index (κ3) is 4.51. The van der Waals surface area contributed by atoms with Crippen molar-refractivity contribution in [2.24, 2.45) is 0 Å². The molecule has 0 aromatic heterocycles. The van der Waals surface area contributed by atoms with Crippen LogP contribution in [-0.4, -0.2) is 34.4 Å². The maximum absolute atomic E-state index is 10.1.